The van der Waals surface area contributed by atoms with Crippen molar-refractivity contribution in [1.29, 1.82) is 0 Å². The van der Waals surface area contributed by atoms with Crippen LogP contribution in [0.3, 0.4) is 0 Å². The number of benzene rings is 2. The molecule has 0 atom stereocenters. The SMILES string of the molecule is COc1ccc(S(=O)(=O)Nc2ccc(C)cc2C)cc1C(=O)NC(C)C. The molecule has 0 radical (unpaired) electrons. The number of anilines is 1. The van der Waals surface area contributed by atoms with Gasteiger partial charge in [-0.1, -0.05) is 17.7 Å². The number of nitrogens with one attached hydrogen (secondary N) is 2. The summed E-state index contributed by atoms with van der Waals surface area (Å²) in [6, 6.07) is 9.58. The number of sulfonamides is 1. The molecule has 0 aliphatic rings. The number of carbonyl (C=O) groups excluding carboxylic acids is 1. The number of aryl methyl sites for hydroxylation is 2. The molecule has 0 aromatic heterocycles. The normalized spacial score (nSPS) is 11.3. The van der Waals surface area contributed by atoms with Crippen molar-refractivity contribution in [2.24, 2.45) is 0 Å². The van der Waals surface area contributed by atoms with Gasteiger partial charge in [-0.2, -0.15) is 0 Å². The molecule has 0 bridgehead atoms. The van der Waals surface area contributed by atoms with Gasteiger partial charge in [-0.05, 0) is 57.5 Å². The van der Waals surface area contributed by atoms with E-state index < -0.39 is 10.0 Å². The third-order valence-corrected chi connectivity index (χ3v) is 5.14. The van der Waals surface area contributed by atoms with Gasteiger partial charge in [-0.3, -0.25) is 9.52 Å². The molecular weight excluding hydrogens is 352 g/mol. The summed E-state index contributed by atoms with van der Waals surface area (Å²) in [6.07, 6.45) is 0. The summed E-state index contributed by atoms with van der Waals surface area (Å²) >= 11 is 0. The molecule has 7 heteroatoms. The standard InChI is InChI=1S/C19H24N2O4S/c1-12(2)20-19(22)16-11-15(7-9-18(16)25-5)26(23,24)21-17-8-6-13(3)10-14(17)4/h6-12,21H,1-5H3,(H,20,22). The van der Waals surface area contributed by atoms with E-state index in [1.54, 1.807) is 6.07 Å². The molecule has 6 nitrogen and oxygen atoms in total. The molecule has 2 rings (SSSR count). The zero-order chi connectivity index (χ0) is 19.5. The topological polar surface area (TPSA) is 84.5 Å². The number of carbonyl (C=O) groups is 1. The predicted molar refractivity (Wildman–Crippen MR) is 102 cm³/mol. The highest BCUT2D eigenvalue weighted by Crippen LogP contribution is 2.25. The molecule has 0 fully saturated rings. The van der Waals surface area contributed by atoms with E-state index in [0.29, 0.717) is 11.4 Å². The number of amides is 1. The number of hydrogen-bond acceptors (Lipinski definition) is 4. The van der Waals surface area contributed by atoms with Gasteiger partial charge < -0.3 is 10.1 Å². The van der Waals surface area contributed by atoms with Gasteiger partial charge in [0, 0.05) is 6.04 Å². The van der Waals surface area contributed by atoms with E-state index >= 15 is 0 Å². The van der Waals surface area contributed by atoms with Crippen LogP contribution in [0.15, 0.2) is 41.3 Å². The fraction of sp³-hybridized carbons (Fsp3) is 0.316. The first-order valence-electron chi connectivity index (χ1n) is 8.23. The minimum absolute atomic E-state index is 0.00724. The van der Waals surface area contributed by atoms with Crippen molar-refractivity contribution in [2.45, 2.75) is 38.6 Å². The maximum absolute atomic E-state index is 12.8. The third kappa shape index (κ3) is 4.54. The molecule has 26 heavy (non-hydrogen) atoms. The predicted octanol–water partition coefficient (Wildman–Crippen LogP) is 3.25. The lowest BCUT2D eigenvalue weighted by atomic mass is 10.1. The van der Waals surface area contributed by atoms with Gasteiger partial charge in [0.25, 0.3) is 15.9 Å². The molecule has 0 heterocycles. The maximum Gasteiger partial charge on any atom is 0.261 e. The van der Waals surface area contributed by atoms with Crippen molar-refractivity contribution in [3.63, 3.8) is 0 Å². The zero-order valence-electron chi connectivity index (χ0n) is 15.6. The average molecular weight is 376 g/mol. The first-order valence-corrected chi connectivity index (χ1v) is 9.71. The summed E-state index contributed by atoms with van der Waals surface area (Å²) in [4.78, 5) is 12.4. The molecule has 2 aromatic carbocycles. The lowest BCUT2D eigenvalue weighted by molar-refractivity contribution is 0.0940. The Bertz CT molecular complexity index is 921. The summed E-state index contributed by atoms with van der Waals surface area (Å²) in [5, 5.41) is 2.74. The van der Waals surface area contributed by atoms with Crippen molar-refractivity contribution >= 4 is 21.6 Å². The van der Waals surface area contributed by atoms with Gasteiger partial charge in [-0.15, -0.1) is 0 Å². The van der Waals surface area contributed by atoms with Crippen LogP contribution in [0.4, 0.5) is 5.69 Å². The van der Waals surface area contributed by atoms with Crippen LogP contribution in [0.1, 0.15) is 35.3 Å². The van der Waals surface area contributed by atoms with Gasteiger partial charge in [0.05, 0.1) is 23.3 Å². The third-order valence-electron chi connectivity index (χ3n) is 3.77. The maximum atomic E-state index is 12.8. The summed E-state index contributed by atoms with van der Waals surface area (Å²) in [7, 11) is -2.41. The molecule has 2 N–H and O–H groups in total. The highest BCUT2D eigenvalue weighted by molar-refractivity contribution is 7.92. The fourth-order valence-electron chi connectivity index (χ4n) is 2.50. The summed E-state index contributed by atoms with van der Waals surface area (Å²) < 4.78 is 33.3. The van der Waals surface area contributed by atoms with Crippen molar-refractivity contribution in [3.8, 4) is 5.75 Å². The van der Waals surface area contributed by atoms with E-state index in [-0.39, 0.29) is 22.4 Å². The highest BCUT2D eigenvalue weighted by Gasteiger charge is 2.21. The molecule has 0 spiro atoms. The van der Waals surface area contributed by atoms with Crippen LogP contribution in [-0.4, -0.2) is 27.5 Å². The minimum atomic E-state index is -3.84. The lowest BCUT2D eigenvalue weighted by Gasteiger charge is -2.15. The van der Waals surface area contributed by atoms with Gasteiger partial charge in [-0.25, -0.2) is 8.42 Å². The monoisotopic (exact) mass is 376 g/mol. The average Bonchev–Trinajstić information content (AvgIpc) is 2.56. The molecule has 2 aromatic rings. The highest BCUT2D eigenvalue weighted by atomic mass is 32.2. The minimum Gasteiger partial charge on any atom is -0.496 e. The second kappa shape index (κ2) is 7.78. The molecule has 0 saturated heterocycles. The van der Waals surface area contributed by atoms with Crippen LogP contribution >= 0.6 is 0 Å². The summed E-state index contributed by atoms with van der Waals surface area (Å²) in [5.41, 5.74) is 2.53. The first-order chi connectivity index (χ1) is 12.1. The molecule has 0 unspecified atom stereocenters. The Morgan fingerprint density at radius 3 is 2.35 bits per heavy atom. The van der Waals surface area contributed by atoms with E-state index in [2.05, 4.69) is 10.0 Å². The second-order valence-electron chi connectivity index (χ2n) is 6.41. The number of hydrogen-bond donors (Lipinski definition) is 2. The van der Waals surface area contributed by atoms with Crippen LogP contribution in [-0.2, 0) is 10.0 Å². The number of methoxy groups -OCH3 is 1. The Balaban J connectivity index is 2.41. The van der Waals surface area contributed by atoms with Crippen molar-refractivity contribution < 1.29 is 17.9 Å². The Hall–Kier alpha value is -2.54. The van der Waals surface area contributed by atoms with Gasteiger partial charge in [0.1, 0.15) is 5.75 Å². The van der Waals surface area contributed by atoms with Crippen molar-refractivity contribution in [2.75, 3.05) is 11.8 Å². The Morgan fingerprint density at radius 1 is 1.08 bits per heavy atom. The van der Waals surface area contributed by atoms with Crippen molar-refractivity contribution in [1.82, 2.24) is 5.32 Å². The van der Waals surface area contributed by atoms with Crippen LogP contribution in [0.5, 0.6) is 5.75 Å². The first kappa shape index (κ1) is 19.8. The summed E-state index contributed by atoms with van der Waals surface area (Å²) in [6.45, 7) is 7.42. The Morgan fingerprint density at radius 2 is 1.77 bits per heavy atom. The van der Waals surface area contributed by atoms with E-state index in [9.17, 15) is 13.2 Å². The van der Waals surface area contributed by atoms with Crippen molar-refractivity contribution in [3.05, 3.63) is 53.1 Å². The molecule has 140 valence electrons. The van der Waals surface area contributed by atoms with Crippen LogP contribution in [0, 0.1) is 13.8 Å². The smallest absolute Gasteiger partial charge is 0.261 e. The van der Waals surface area contributed by atoms with E-state index in [1.165, 1.54) is 25.3 Å². The van der Waals surface area contributed by atoms with E-state index in [0.717, 1.165) is 11.1 Å². The van der Waals surface area contributed by atoms with Crippen LogP contribution in [0.2, 0.25) is 0 Å². The van der Waals surface area contributed by atoms with Crippen LogP contribution < -0.4 is 14.8 Å². The lowest BCUT2D eigenvalue weighted by Crippen LogP contribution is -2.30. The molecule has 0 aliphatic heterocycles. The van der Waals surface area contributed by atoms with E-state index in [1.807, 2.05) is 39.8 Å². The van der Waals surface area contributed by atoms with E-state index in [4.69, 9.17) is 4.74 Å². The van der Waals surface area contributed by atoms with Gasteiger partial charge in [0.2, 0.25) is 0 Å². The zero-order valence-corrected chi connectivity index (χ0v) is 16.4. The number of rotatable bonds is 6. The molecular formula is C19H24N2O4S. The quantitative estimate of drug-likeness (QED) is 0.810. The second-order valence-corrected chi connectivity index (χ2v) is 8.10. The fourth-order valence-corrected chi connectivity index (χ4v) is 3.66. The largest absolute Gasteiger partial charge is 0.496 e. The van der Waals surface area contributed by atoms with Crippen LogP contribution in [0.25, 0.3) is 0 Å². The number of ether oxygens (including phenoxy) is 1. The molecule has 1 amide bonds. The Labute approximate surface area is 154 Å². The summed E-state index contributed by atoms with van der Waals surface area (Å²) in [5.74, 6) is -0.0750. The van der Waals surface area contributed by atoms with Gasteiger partial charge >= 0.3 is 0 Å². The Kier molecular flexibility index (Phi) is 5.92. The molecule has 0 aliphatic carbocycles. The van der Waals surface area contributed by atoms with Gasteiger partial charge in [0.15, 0.2) is 0 Å². The molecule has 0 saturated carbocycles.